The van der Waals surface area contributed by atoms with Crippen LogP contribution in [0.5, 0.6) is 0 Å². The number of hydrogen-bond donors (Lipinski definition) is 0. The van der Waals surface area contributed by atoms with Crippen LogP contribution in [0.15, 0.2) is 0 Å². The Morgan fingerprint density at radius 1 is 1.00 bits per heavy atom. The van der Waals surface area contributed by atoms with E-state index >= 15 is 0 Å². The SMILES string of the molecule is CC(C)CC(CCl)(CCl)C(C)C. The largest absolute Gasteiger partial charge is 0.126 e. The zero-order chi connectivity index (χ0) is 9.78. The van der Waals surface area contributed by atoms with Gasteiger partial charge in [0.15, 0.2) is 0 Å². The monoisotopic (exact) mass is 210 g/mol. The first-order valence-electron chi connectivity index (χ1n) is 4.60. The maximum Gasteiger partial charge on any atom is 0.0293 e. The minimum atomic E-state index is 0.136. The molecule has 0 unspecified atom stereocenters. The van der Waals surface area contributed by atoms with Crippen LogP contribution < -0.4 is 0 Å². The van der Waals surface area contributed by atoms with Crippen molar-refractivity contribution in [3.05, 3.63) is 0 Å². The molecule has 0 saturated carbocycles. The van der Waals surface area contributed by atoms with Crippen molar-refractivity contribution in [2.75, 3.05) is 11.8 Å². The first-order valence-corrected chi connectivity index (χ1v) is 5.67. The second-order valence-corrected chi connectivity index (χ2v) is 4.92. The molecular formula is C10H20Cl2. The van der Waals surface area contributed by atoms with Crippen molar-refractivity contribution in [3.63, 3.8) is 0 Å². The molecule has 74 valence electrons. The van der Waals surface area contributed by atoms with E-state index in [1.807, 2.05) is 0 Å². The van der Waals surface area contributed by atoms with Gasteiger partial charge in [0.2, 0.25) is 0 Å². The van der Waals surface area contributed by atoms with Crippen LogP contribution in [0, 0.1) is 17.3 Å². The first-order chi connectivity index (χ1) is 5.48. The normalized spacial score (nSPS) is 13.0. The van der Waals surface area contributed by atoms with Crippen LogP contribution >= 0.6 is 23.2 Å². The number of alkyl halides is 2. The van der Waals surface area contributed by atoms with E-state index in [0.29, 0.717) is 23.6 Å². The number of rotatable bonds is 5. The Balaban J connectivity index is 4.35. The summed E-state index contributed by atoms with van der Waals surface area (Å²) in [5.74, 6) is 2.58. The van der Waals surface area contributed by atoms with Gasteiger partial charge in [-0.1, -0.05) is 27.7 Å². The fourth-order valence-electron chi connectivity index (χ4n) is 1.50. The fourth-order valence-corrected chi connectivity index (χ4v) is 2.62. The Bertz CT molecular complexity index is 115. The molecule has 12 heavy (non-hydrogen) atoms. The third kappa shape index (κ3) is 3.14. The second kappa shape index (κ2) is 5.34. The summed E-state index contributed by atoms with van der Waals surface area (Å²) in [7, 11) is 0. The summed E-state index contributed by atoms with van der Waals surface area (Å²) in [5, 5.41) is 0. The summed E-state index contributed by atoms with van der Waals surface area (Å²) in [5.41, 5.74) is 0.136. The molecule has 0 aliphatic rings. The number of halogens is 2. The lowest BCUT2D eigenvalue weighted by Gasteiger charge is -2.35. The maximum absolute atomic E-state index is 5.98. The minimum Gasteiger partial charge on any atom is -0.126 e. The molecule has 0 nitrogen and oxygen atoms in total. The van der Waals surface area contributed by atoms with Gasteiger partial charge in [0.1, 0.15) is 0 Å². The summed E-state index contributed by atoms with van der Waals surface area (Å²) in [6.07, 6.45) is 1.12. The second-order valence-electron chi connectivity index (χ2n) is 4.38. The van der Waals surface area contributed by atoms with Crippen molar-refractivity contribution in [1.29, 1.82) is 0 Å². The summed E-state index contributed by atoms with van der Waals surface area (Å²) < 4.78 is 0. The highest BCUT2D eigenvalue weighted by molar-refractivity contribution is 6.21. The van der Waals surface area contributed by atoms with Crippen LogP contribution in [0.4, 0.5) is 0 Å². The van der Waals surface area contributed by atoms with Crippen LogP contribution in [0.25, 0.3) is 0 Å². The molecule has 0 atom stereocenters. The van der Waals surface area contributed by atoms with Gasteiger partial charge in [0.05, 0.1) is 0 Å². The van der Waals surface area contributed by atoms with E-state index in [-0.39, 0.29) is 5.41 Å². The van der Waals surface area contributed by atoms with Crippen molar-refractivity contribution in [2.45, 2.75) is 34.1 Å². The average molecular weight is 211 g/mol. The molecule has 0 saturated heterocycles. The van der Waals surface area contributed by atoms with Crippen molar-refractivity contribution < 1.29 is 0 Å². The highest BCUT2D eigenvalue weighted by atomic mass is 35.5. The third-order valence-electron chi connectivity index (χ3n) is 2.57. The highest BCUT2D eigenvalue weighted by Gasteiger charge is 2.32. The molecule has 2 heteroatoms. The standard InChI is InChI=1S/C10H20Cl2/c1-8(2)5-10(6-11,7-12)9(3)4/h8-9H,5-7H2,1-4H3. The highest BCUT2D eigenvalue weighted by Crippen LogP contribution is 2.37. The lowest BCUT2D eigenvalue weighted by molar-refractivity contribution is 0.209. The van der Waals surface area contributed by atoms with Gasteiger partial charge in [-0.2, -0.15) is 0 Å². The molecule has 0 aromatic carbocycles. The van der Waals surface area contributed by atoms with Crippen molar-refractivity contribution in [1.82, 2.24) is 0 Å². The first kappa shape index (κ1) is 12.6. The molecule has 0 aliphatic carbocycles. The van der Waals surface area contributed by atoms with Crippen LogP contribution in [0.1, 0.15) is 34.1 Å². The van der Waals surface area contributed by atoms with E-state index in [1.54, 1.807) is 0 Å². The summed E-state index contributed by atoms with van der Waals surface area (Å²) in [4.78, 5) is 0. The van der Waals surface area contributed by atoms with E-state index in [1.165, 1.54) is 0 Å². The van der Waals surface area contributed by atoms with Gasteiger partial charge in [-0.05, 0) is 23.7 Å². The Morgan fingerprint density at radius 3 is 1.50 bits per heavy atom. The van der Waals surface area contributed by atoms with Crippen molar-refractivity contribution >= 4 is 23.2 Å². The molecule has 0 fully saturated rings. The smallest absolute Gasteiger partial charge is 0.0293 e. The van der Waals surface area contributed by atoms with Gasteiger partial charge >= 0.3 is 0 Å². The van der Waals surface area contributed by atoms with E-state index in [4.69, 9.17) is 23.2 Å². The van der Waals surface area contributed by atoms with Gasteiger partial charge in [-0.25, -0.2) is 0 Å². The predicted molar refractivity (Wildman–Crippen MR) is 58.2 cm³/mol. The molecule has 0 N–H and O–H groups in total. The fraction of sp³-hybridized carbons (Fsp3) is 1.00. The Kier molecular flexibility index (Phi) is 5.60. The third-order valence-corrected chi connectivity index (χ3v) is 3.64. The lowest BCUT2D eigenvalue weighted by atomic mass is 9.75. The van der Waals surface area contributed by atoms with E-state index in [2.05, 4.69) is 27.7 Å². The van der Waals surface area contributed by atoms with Gasteiger partial charge in [0, 0.05) is 11.8 Å². The molecule has 0 aromatic rings. The quantitative estimate of drug-likeness (QED) is 0.599. The van der Waals surface area contributed by atoms with Crippen LogP contribution in [0.2, 0.25) is 0 Å². The Hall–Kier alpha value is 0.580. The maximum atomic E-state index is 5.98. The zero-order valence-corrected chi connectivity index (χ0v) is 10.0. The van der Waals surface area contributed by atoms with Gasteiger partial charge in [-0.3, -0.25) is 0 Å². The average Bonchev–Trinajstić information content (AvgIpc) is 1.99. The van der Waals surface area contributed by atoms with Crippen molar-refractivity contribution in [3.8, 4) is 0 Å². The number of hydrogen-bond acceptors (Lipinski definition) is 0. The zero-order valence-electron chi connectivity index (χ0n) is 8.53. The Morgan fingerprint density at radius 2 is 1.42 bits per heavy atom. The molecule has 0 radical (unpaired) electrons. The topological polar surface area (TPSA) is 0 Å². The van der Waals surface area contributed by atoms with E-state index in [0.717, 1.165) is 6.42 Å². The summed E-state index contributed by atoms with van der Waals surface area (Å²) >= 11 is 12.0. The molecule has 0 heterocycles. The van der Waals surface area contributed by atoms with E-state index < -0.39 is 0 Å². The molecule has 0 amide bonds. The molecule has 0 aromatic heterocycles. The predicted octanol–water partition coefficient (Wildman–Crippen LogP) is 4.15. The molecule has 0 spiro atoms. The van der Waals surface area contributed by atoms with Crippen LogP contribution in [-0.2, 0) is 0 Å². The van der Waals surface area contributed by atoms with E-state index in [9.17, 15) is 0 Å². The summed E-state index contributed by atoms with van der Waals surface area (Å²) in [6, 6.07) is 0. The molecule has 0 aliphatic heterocycles. The van der Waals surface area contributed by atoms with Crippen LogP contribution in [0.3, 0.4) is 0 Å². The Labute approximate surface area is 86.6 Å². The minimum absolute atomic E-state index is 0.136. The summed E-state index contributed by atoms with van der Waals surface area (Å²) in [6.45, 7) is 8.84. The molecular weight excluding hydrogens is 191 g/mol. The molecule has 0 bridgehead atoms. The van der Waals surface area contributed by atoms with Gasteiger partial charge in [0.25, 0.3) is 0 Å². The van der Waals surface area contributed by atoms with Crippen LogP contribution in [-0.4, -0.2) is 11.8 Å². The van der Waals surface area contributed by atoms with Gasteiger partial charge in [-0.15, -0.1) is 23.2 Å². The lowest BCUT2D eigenvalue weighted by Crippen LogP contribution is -2.33. The van der Waals surface area contributed by atoms with Crippen molar-refractivity contribution in [2.24, 2.45) is 17.3 Å². The van der Waals surface area contributed by atoms with Gasteiger partial charge < -0.3 is 0 Å². The molecule has 0 rings (SSSR count).